The van der Waals surface area contributed by atoms with E-state index >= 15 is 0 Å². The third-order valence-electron chi connectivity index (χ3n) is 7.65. The molecule has 9 heteroatoms. The number of phenolic OH excluding ortho intramolecular Hbond substituents is 1. The van der Waals surface area contributed by atoms with Gasteiger partial charge < -0.3 is 14.6 Å². The van der Waals surface area contributed by atoms with Crippen LogP contribution in [0.1, 0.15) is 25.3 Å². The highest BCUT2D eigenvalue weighted by molar-refractivity contribution is 6.23. The van der Waals surface area contributed by atoms with Crippen molar-refractivity contribution in [2.24, 2.45) is 23.7 Å². The number of Topliss-reactive ketones (excluding diaryl/α,β-unsaturated/α-hetero) is 1. The van der Waals surface area contributed by atoms with Gasteiger partial charge in [-0.3, -0.25) is 19.2 Å². The number of methoxy groups -OCH3 is 2. The Kier molecular flexibility index (Phi) is 5.94. The van der Waals surface area contributed by atoms with Crippen LogP contribution in [0.5, 0.6) is 11.5 Å². The van der Waals surface area contributed by atoms with Gasteiger partial charge in [0.25, 0.3) is 0 Å². The first-order valence-electron chi connectivity index (χ1n) is 11.9. The SMILES string of the molecule is COC(=O)N1C(=O)C2CC=C3C(C=Cc4ccc(O)c(OC)c4)C4=C(CC3C2C1=O)C(=O)C(C)=CC4=O. The summed E-state index contributed by atoms with van der Waals surface area (Å²) in [5.41, 5.74) is 2.48. The fourth-order valence-corrected chi connectivity index (χ4v) is 5.94. The van der Waals surface area contributed by atoms with Crippen molar-refractivity contribution >= 4 is 35.6 Å². The number of carbonyl (C=O) groups is 5. The van der Waals surface area contributed by atoms with Gasteiger partial charge in [-0.1, -0.05) is 29.9 Å². The quantitative estimate of drug-likeness (QED) is 0.379. The van der Waals surface area contributed by atoms with E-state index in [1.54, 1.807) is 31.2 Å². The van der Waals surface area contributed by atoms with E-state index in [1.807, 2.05) is 6.08 Å². The fraction of sp³-hybridized carbons (Fsp3) is 0.321. The summed E-state index contributed by atoms with van der Waals surface area (Å²) in [7, 11) is 2.54. The zero-order valence-electron chi connectivity index (χ0n) is 20.5. The Labute approximate surface area is 212 Å². The lowest BCUT2D eigenvalue weighted by Crippen LogP contribution is -2.40. The summed E-state index contributed by atoms with van der Waals surface area (Å²) < 4.78 is 9.83. The number of benzene rings is 1. The van der Waals surface area contributed by atoms with Crippen LogP contribution in [-0.4, -0.2) is 53.7 Å². The normalized spacial score (nSPS) is 27.1. The lowest BCUT2D eigenvalue weighted by molar-refractivity contribution is -0.137. The van der Waals surface area contributed by atoms with Crippen LogP contribution >= 0.6 is 0 Å². The van der Waals surface area contributed by atoms with E-state index in [0.717, 1.165) is 12.7 Å². The van der Waals surface area contributed by atoms with E-state index in [2.05, 4.69) is 4.74 Å². The summed E-state index contributed by atoms with van der Waals surface area (Å²) in [6, 6.07) is 4.81. The van der Waals surface area contributed by atoms with Gasteiger partial charge in [0.1, 0.15) is 0 Å². The van der Waals surface area contributed by atoms with Crippen molar-refractivity contribution in [1.29, 1.82) is 0 Å². The number of likely N-dealkylation sites (tertiary alicyclic amines) is 1. The second-order valence-corrected chi connectivity index (χ2v) is 9.55. The number of nitrogens with zero attached hydrogens (tertiary/aromatic N) is 1. The van der Waals surface area contributed by atoms with Gasteiger partial charge in [0, 0.05) is 22.6 Å². The standard InChI is InChI=1S/C28H25NO8/c1-13-10-21(31)23-16(6-4-14-5-9-20(30)22(11-14)36-2)15-7-8-17-24(18(15)12-19(23)25(13)32)27(34)29(26(17)33)28(35)37-3/h4-7,9-11,16-18,24,30H,8,12H2,1-3H3. The average Bonchev–Trinajstić information content (AvgIpc) is 3.15. The Morgan fingerprint density at radius 2 is 1.86 bits per heavy atom. The minimum atomic E-state index is -1.03. The van der Waals surface area contributed by atoms with E-state index < -0.39 is 41.6 Å². The average molecular weight is 504 g/mol. The maximum atomic E-state index is 13.3. The summed E-state index contributed by atoms with van der Waals surface area (Å²) in [5.74, 6) is -4.23. The molecule has 1 aromatic carbocycles. The molecule has 0 bridgehead atoms. The van der Waals surface area contributed by atoms with Crippen LogP contribution in [0.15, 0.2) is 58.7 Å². The van der Waals surface area contributed by atoms with Crippen molar-refractivity contribution in [3.63, 3.8) is 0 Å². The van der Waals surface area contributed by atoms with Crippen LogP contribution < -0.4 is 4.74 Å². The topological polar surface area (TPSA) is 127 Å². The highest BCUT2D eigenvalue weighted by atomic mass is 16.5. The van der Waals surface area contributed by atoms with Gasteiger partial charge in [0.05, 0.1) is 26.1 Å². The summed E-state index contributed by atoms with van der Waals surface area (Å²) >= 11 is 0. The number of fused-ring (bicyclic) bond motifs is 3. The van der Waals surface area contributed by atoms with Gasteiger partial charge in [-0.15, -0.1) is 0 Å². The molecule has 3 amide bonds. The third-order valence-corrected chi connectivity index (χ3v) is 7.65. The summed E-state index contributed by atoms with van der Waals surface area (Å²) in [6.45, 7) is 1.58. The molecular formula is C28H25NO8. The second-order valence-electron chi connectivity index (χ2n) is 9.55. The van der Waals surface area contributed by atoms with Crippen LogP contribution in [0.25, 0.3) is 6.08 Å². The zero-order chi connectivity index (χ0) is 26.6. The van der Waals surface area contributed by atoms with Crippen LogP contribution in [0.2, 0.25) is 0 Å². The molecule has 4 atom stereocenters. The molecular weight excluding hydrogens is 478 g/mol. The number of carbonyl (C=O) groups excluding carboxylic acids is 5. The molecule has 5 rings (SSSR count). The van der Waals surface area contributed by atoms with Gasteiger partial charge in [-0.25, -0.2) is 4.79 Å². The second kappa shape index (κ2) is 8.99. The summed E-state index contributed by atoms with van der Waals surface area (Å²) in [4.78, 5) is 65.3. The molecule has 0 saturated carbocycles. The molecule has 0 aromatic heterocycles. The van der Waals surface area contributed by atoms with Gasteiger partial charge in [-0.05, 0) is 49.5 Å². The Hall–Kier alpha value is -4.27. The first-order chi connectivity index (χ1) is 17.7. The molecule has 1 aromatic rings. The predicted octanol–water partition coefficient (Wildman–Crippen LogP) is 3.14. The summed E-state index contributed by atoms with van der Waals surface area (Å²) in [5, 5.41) is 9.91. The molecule has 1 fully saturated rings. The molecule has 0 radical (unpaired) electrons. The fourth-order valence-electron chi connectivity index (χ4n) is 5.94. The number of hydrogen-bond acceptors (Lipinski definition) is 8. The number of ether oxygens (including phenoxy) is 2. The number of aromatic hydroxyl groups is 1. The first-order valence-corrected chi connectivity index (χ1v) is 11.9. The van der Waals surface area contributed by atoms with Crippen LogP contribution in [0.3, 0.4) is 0 Å². The van der Waals surface area contributed by atoms with Crippen LogP contribution in [0, 0.1) is 23.7 Å². The molecule has 4 aliphatic rings. The molecule has 1 N–H and O–H groups in total. The zero-order valence-corrected chi connectivity index (χ0v) is 20.5. The Balaban J connectivity index is 1.60. The number of phenols is 1. The van der Waals surface area contributed by atoms with Crippen LogP contribution in [0.4, 0.5) is 4.79 Å². The van der Waals surface area contributed by atoms with Crippen molar-refractivity contribution in [2.45, 2.75) is 19.8 Å². The van der Waals surface area contributed by atoms with E-state index in [0.29, 0.717) is 27.2 Å². The molecule has 1 saturated heterocycles. The lowest BCUT2D eigenvalue weighted by Gasteiger charge is -2.41. The van der Waals surface area contributed by atoms with Crippen molar-refractivity contribution in [1.82, 2.24) is 4.90 Å². The summed E-state index contributed by atoms with van der Waals surface area (Å²) in [6.07, 6.45) is 6.07. The van der Waals surface area contributed by atoms with Gasteiger partial charge in [-0.2, -0.15) is 4.90 Å². The number of rotatable bonds is 3. The van der Waals surface area contributed by atoms with E-state index in [1.165, 1.54) is 19.3 Å². The molecule has 1 aliphatic heterocycles. The first kappa shape index (κ1) is 24.4. The van der Waals surface area contributed by atoms with Crippen molar-refractivity contribution < 1.29 is 38.6 Å². The maximum Gasteiger partial charge on any atom is 0.423 e. The highest BCUT2D eigenvalue weighted by Crippen LogP contribution is 2.52. The Morgan fingerprint density at radius 3 is 2.57 bits per heavy atom. The molecule has 1 heterocycles. The van der Waals surface area contributed by atoms with Gasteiger partial charge in [0.15, 0.2) is 23.1 Å². The number of hydrogen-bond donors (Lipinski definition) is 1. The van der Waals surface area contributed by atoms with E-state index in [9.17, 15) is 29.1 Å². The largest absolute Gasteiger partial charge is 0.504 e. The number of imide groups is 3. The Bertz CT molecular complexity index is 1390. The smallest absolute Gasteiger partial charge is 0.423 e. The number of allylic oxidation sites excluding steroid dienone is 7. The van der Waals surface area contributed by atoms with E-state index in [4.69, 9.17) is 4.74 Å². The maximum absolute atomic E-state index is 13.3. The number of amides is 3. The van der Waals surface area contributed by atoms with Crippen molar-refractivity contribution in [2.75, 3.05) is 14.2 Å². The Morgan fingerprint density at radius 1 is 1.11 bits per heavy atom. The molecule has 0 spiro atoms. The molecule has 4 unspecified atom stereocenters. The third kappa shape index (κ3) is 3.73. The minimum Gasteiger partial charge on any atom is -0.504 e. The lowest BCUT2D eigenvalue weighted by atomic mass is 9.60. The molecule has 37 heavy (non-hydrogen) atoms. The minimum absolute atomic E-state index is 0.0170. The monoisotopic (exact) mass is 503 g/mol. The predicted molar refractivity (Wildman–Crippen MR) is 130 cm³/mol. The van der Waals surface area contributed by atoms with Gasteiger partial charge >= 0.3 is 6.09 Å². The molecule has 190 valence electrons. The molecule has 3 aliphatic carbocycles. The van der Waals surface area contributed by atoms with Gasteiger partial charge in [0.2, 0.25) is 11.8 Å². The van der Waals surface area contributed by atoms with Crippen LogP contribution in [-0.2, 0) is 23.9 Å². The molecule has 9 nitrogen and oxygen atoms in total. The van der Waals surface area contributed by atoms with Crippen molar-refractivity contribution in [3.8, 4) is 11.5 Å². The van der Waals surface area contributed by atoms with E-state index in [-0.39, 0.29) is 35.9 Å². The number of ketones is 2. The van der Waals surface area contributed by atoms with Crippen molar-refractivity contribution in [3.05, 3.63) is 64.3 Å². The highest BCUT2D eigenvalue weighted by Gasteiger charge is 2.57.